The molecule has 0 N–H and O–H groups in total. The molecule has 27 heavy (non-hydrogen) atoms. The van der Waals surface area contributed by atoms with E-state index in [1.54, 1.807) is 0 Å². The Morgan fingerprint density at radius 3 is 1.63 bits per heavy atom. The molecule has 0 fully saturated rings. The second kappa shape index (κ2) is 6.56. The second-order valence-corrected chi connectivity index (χ2v) is 9.42. The number of carbonyl (C=O) groups is 2. The van der Waals surface area contributed by atoms with Crippen LogP contribution in [0.3, 0.4) is 0 Å². The van der Waals surface area contributed by atoms with Crippen molar-refractivity contribution in [2.45, 2.75) is 53.4 Å². The number of ketones is 2. The minimum Gasteiger partial charge on any atom is -1.00 e. The first-order valence-corrected chi connectivity index (χ1v) is 9.40. The number of hydrogen-bond acceptors (Lipinski definition) is 2. The highest BCUT2D eigenvalue weighted by Crippen LogP contribution is 2.38. The molecule has 2 aromatic rings. The topological polar surface area (TPSA) is 38.0 Å². The fourth-order valence-electron chi connectivity index (χ4n) is 4.53. The van der Waals surface area contributed by atoms with E-state index in [-0.39, 0.29) is 34.8 Å². The molecule has 1 aromatic heterocycles. The Kier molecular flexibility index (Phi) is 4.80. The van der Waals surface area contributed by atoms with Crippen LogP contribution in [-0.4, -0.2) is 11.6 Å². The molecule has 0 bridgehead atoms. The van der Waals surface area contributed by atoms with Crippen LogP contribution in [-0.2, 0) is 12.8 Å². The van der Waals surface area contributed by atoms with E-state index in [0.717, 1.165) is 41.0 Å². The maximum atomic E-state index is 12.9. The number of aromatic nitrogens is 1. The maximum Gasteiger partial charge on any atom is 0.211 e. The lowest BCUT2D eigenvalue weighted by Crippen LogP contribution is -3.00. The van der Waals surface area contributed by atoms with Gasteiger partial charge in [-0.1, -0.05) is 45.9 Å². The van der Waals surface area contributed by atoms with E-state index in [9.17, 15) is 9.59 Å². The third kappa shape index (κ3) is 3.45. The number of pyridine rings is 1. The Morgan fingerprint density at radius 1 is 0.741 bits per heavy atom. The highest BCUT2D eigenvalue weighted by molar-refractivity contribution is 6.03. The van der Waals surface area contributed by atoms with Gasteiger partial charge in [0.2, 0.25) is 5.69 Å². The van der Waals surface area contributed by atoms with Gasteiger partial charge in [-0.15, -0.1) is 0 Å². The van der Waals surface area contributed by atoms with E-state index in [1.807, 2.05) is 24.3 Å². The Hall–Kier alpha value is -2.00. The summed E-state index contributed by atoms with van der Waals surface area (Å²) >= 11 is 0. The van der Waals surface area contributed by atoms with Gasteiger partial charge >= 0.3 is 0 Å². The van der Waals surface area contributed by atoms with Crippen LogP contribution in [0.2, 0.25) is 0 Å². The summed E-state index contributed by atoms with van der Waals surface area (Å²) in [5.74, 6) is 0.308. The molecule has 0 saturated heterocycles. The molecule has 1 aromatic carbocycles. The quantitative estimate of drug-likeness (QED) is 0.696. The van der Waals surface area contributed by atoms with Crippen LogP contribution in [0, 0.1) is 10.8 Å². The monoisotopic (exact) mass is 383 g/mol. The number of para-hydroxylation sites is 1. The molecule has 142 valence electrons. The molecule has 0 radical (unpaired) electrons. The van der Waals surface area contributed by atoms with Crippen molar-refractivity contribution in [1.29, 1.82) is 0 Å². The van der Waals surface area contributed by atoms with Gasteiger partial charge in [-0.2, -0.15) is 4.57 Å². The van der Waals surface area contributed by atoms with Crippen LogP contribution < -0.4 is 17.0 Å². The van der Waals surface area contributed by atoms with Crippen molar-refractivity contribution in [3.05, 3.63) is 58.9 Å². The summed E-state index contributed by atoms with van der Waals surface area (Å²) in [5.41, 5.74) is 4.49. The van der Waals surface area contributed by atoms with Crippen molar-refractivity contribution >= 4 is 11.6 Å². The summed E-state index contributed by atoms with van der Waals surface area (Å²) in [6, 6.07) is 12.0. The zero-order chi connectivity index (χ0) is 18.7. The lowest BCUT2D eigenvalue weighted by molar-refractivity contribution is -0.615. The Balaban J connectivity index is 0.00000210. The smallest absolute Gasteiger partial charge is 0.211 e. The van der Waals surface area contributed by atoms with E-state index in [0.29, 0.717) is 12.8 Å². The van der Waals surface area contributed by atoms with Crippen molar-refractivity contribution in [2.75, 3.05) is 0 Å². The lowest BCUT2D eigenvalue weighted by atomic mass is 9.71. The Morgan fingerprint density at radius 2 is 1.19 bits per heavy atom. The minimum atomic E-state index is -0.0664. The lowest BCUT2D eigenvalue weighted by Gasteiger charge is -2.32. The third-order valence-corrected chi connectivity index (χ3v) is 5.64. The molecular weight excluding hydrogens is 358 g/mol. The van der Waals surface area contributed by atoms with E-state index >= 15 is 0 Å². The number of hydrogen-bond donors (Lipinski definition) is 0. The van der Waals surface area contributed by atoms with Gasteiger partial charge in [-0.25, -0.2) is 0 Å². The zero-order valence-electron chi connectivity index (χ0n) is 16.4. The number of nitrogens with zero attached hydrogens (tertiary/aromatic N) is 1. The average Bonchev–Trinajstić information content (AvgIpc) is 2.52. The first-order valence-electron chi connectivity index (χ1n) is 9.40. The molecule has 4 rings (SSSR count). The zero-order valence-corrected chi connectivity index (χ0v) is 17.2. The molecule has 0 atom stereocenters. The molecule has 0 amide bonds. The van der Waals surface area contributed by atoms with Crippen molar-refractivity contribution < 1.29 is 26.6 Å². The summed E-state index contributed by atoms with van der Waals surface area (Å²) in [6.07, 6.45) is 2.75. The van der Waals surface area contributed by atoms with Crippen LogP contribution in [0.5, 0.6) is 0 Å². The van der Waals surface area contributed by atoms with Crippen LogP contribution in [0.4, 0.5) is 0 Å². The fourth-order valence-corrected chi connectivity index (χ4v) is 4.53. The van der Waals surface area contributed by atoms with Gasteiger partial charge in [0.15, 0.2) is 23.0 Å². The van der Waals surface area contributed by atoms with E-state index in [1.165, 1.54) is 0 Å². The van der Waals surface area contributed by atoms with Gasteiger partial charge in [0.05, 0.1) is 11.1 Å². The first-order chi connectivity index (χ1) is 12.2. The van der Waals surface area contributed by atoms with Crippen molar-refractivity contribution in [1.82, 2.24) is 0 Å². The predicted octanol–water partition coefficient (Wildman–Crippen LogP) is 1.28. The summed E-state index contributed by atoms with van der Waals surface area (Å²) in [5, 5.41) is 0. The second-order valence-electron chi connectivity index (χ2n) is 9.42. The number of fused-ring (bicyclic) bond motifs is 2. The van der Waals surface area contributed by atoms with Gasteiger partial charge in [0.1, 0.15) is 0 Å². The standard InChI is InChI=1S/C23H26NO2.ClH/c1-22(2)11-18-16(20(25)13-22)10-17-19(12-23(3,4)14-21(17)26)24(18)15-8-6-5-7-9-15;/h5-10H,11-14H2,1-4H3;1H/q+1;/p-1. The van der Waals surface area contributed by atoms with Crippen LogP contribution in [0.15, 0.2) is 36.4 Å². The fraction of sp³-hybridized carbons (Fsp3) is 0.435. The third-order valence-electron chi connectivity index (χ3n) is 5.64. The molecule has 0 aliphatic heterocycles. The highest BCUT2D eigenvalue weighted by Gasteiger charge is 2.44. The maximum absolute atomic E-state index is 12.9. The Labute approximate surface area is 167 Å². The normalized spacial score (nSPS) is 19.7. The number of benzene rings is 1. The summed E-state index contributed by atoms with van der Waals surface area (Å²) < 4.78 is 2.21. The van der Waals surface area contributed by atoms with Crippen LogP contribution in [0.25, 0.3) is 5.69 Å². The SMILES string of the molecule is CC1(C)CC(=O)c2cc3c([n+](-c4ccccc4)c2C1)CC(C)(C)CC3=O.[Cl-]. The van der Waals surface area contributed by atoms with Crippen molar-refractivity contribution in [3.63, 3.8) is 0 Å². The van der Waals surface area contributed by atoms with Crippen molar-refractivity contribution in [3.8, 4) is 5.69 Å². The first kappa shape index (κ1) is 19.8. The van der Waals surface area contributed by atoms with Gasteiger partial charge in [0.25, 0.3) is 0 Å². The Bertz CT molecular complexity index is 875. The molecule has 2 aliphatic carbocycles. The van der Waals surface area contributed by atoms with Gasteiger partial charge in [-0.3, -0.25) is 9.59 Å². The number of carbonyl (C=O) groups excluding carboxylic acids is 2. The molecular formula is C23H26ClNO2. The van der Waals surface area contributed by atoms with E-state index in [2.05, 4.69) is 44.4 Å². The molecule has 4 heteroatoms. The van der Waals surface area contributed by atoms with E-state index < -0.39 is 0 Å². The van der Waals surface area contributed by atoms with Gasteiger partial charge in [-0.05, 0) is 16.9 Å². The summed E-state index contributed by atoms with van der Waals surface area (Å²) in [4.78, 5) is 25.8. The number of halogens is 1. The van der Waals surface area contributed by atoms with Gasteiger partial charge < -0.3 is 12.4 Å². The molecule has 1 heterocycles. The average molecular weight is 384 g/mol. The number of Topliss-reactive ketones (excluding diaryl/α,β-unsaturated/α-hetero) is 2. The highest BCUT2D eigenvalue weighted by atomic mass is 35.5. The largest absolute Gasteiger partial charge is 1.00 e. The van der Waals surface area contributed by atoms with Crippen molar-refractivity contribution in [2.24, 2.45) is 10.8 Å². The summed E-state index contributed by atoms with van der Waals surface area (Å²) in [7, 11) is 0. The molecule has 2 aliphatic rings. The van der Waals surface area contributed by atoms with E-state index in [4.69, 9.17) is 0 Å². The van der Waals surface area contributed by atoms with Crippen LogP contribution in [0.1, 0.15) is 72.6 Å². The number of rotatable bonds is 1. The van der Waals surface area contributed by atoms with Crippen LogP contribution >= 0.6 is 0 Å². The summed E-state index contributed by atoms with van der Waals surface area (Å²) in [6.45, 7) is 8.60. The predicted molar refractivity (Wildman–Crippen MR) is 101 cm³/mol. The molecule has 3 nitrogen and oxygen atoms in total. The molecule has 0 spiro atoms. The molecule has 0 unspecified atom stereocenters. The minimum absolute atomic E-state index is 0. The molecule has 0 saturated carbocycles. The van der Waals surface area contributed by atoms with Gasteiger partial charge in [0, 0.05) is 37.8 Å².